The summed E-state index contributed by atoms with van der Waals surface area (Å²) in [5.41, 5.74) is 0. The molecule has 1 rings (SSSR count). The van der Waals surface area contributed by atoms with E-state index in [0.29, 0.717) is 6.04 Å². The van der Waals surface area contributed by atoms with Gasteiger partial charge in [0.15, 0.2) is 0 Å². The Labute approximate surface area is 81.2 Å². The van der Waals surface area contributed by atoms with E-state index in [1.54, 1.807) is 0 Å². The monoisotopic (exact) mass is 183 g/mol. The molecule has 0 aromatic heterocycles. The maximum Gasteiger partial charge on any atom is 0.0465 e. The SMILES string of the molecule is CCN1CCCCC1/C=C\CCO. The zero-order valence-electron chi connectivity index (χ0n) is 8.58. The summed E-state index contributed by atoms with van der Waals surface area (Å²) in [5, 5.41) is 8.65. The molecule has 1 heterocycles. The summed E-state index contributed by atoms with van der Waals surface area (Å²) < 4.78 is 0. The van der Waals surface area contributed by atoms with E-state index in [4.69, 9.17) is 5.11 Å². The summed E-state index contributed by atoms with van der Waals surface area (Å²) in [6, 6.07) is 0.630. The third-order valence-electron chi connectivity index (χ3n) is 2.72. The maximum atomic E-state index is 8.65. The molecule has 0 spiro atoms. The average Bonchev–Trinajstić information content (AvgIpc) is 2.19. The zero-order valence-corrected chi connectivity index (χ0v) is 8.58. The van der Waals surface area contributed by atoms with Crippen molar-refractivity contribution in [3.05, 3.63) is 12.2 Å². The number of piperidine rings is 1. The number of nitrogens with zero attached hydrogens (tertiary/aromatic N) is 1. The Balaban J connectivity index is 2.35. The van der Waals surface area contributed by atoms with Crippen molar-refractivity contribution in [2.24, 2.45) is 0 Å². The summed E-state index contributed by atoms with van der Waals surface area (Å²) in [7, 11) is 0. The van der Waals surface area contributed by atoms with Gasteiger partial charge in [-0.15, -0.1) is 0 Å². The number of hydrogen-bond donors (Lipinski definition) is 1. The Hall–Kier alpha value is -0.340. The molecule has 1 atom stereocenters. The lowest BCUT2D eigenvalue weighted by atomic mass is 10.0. The number of aliphatic hydroxyl groups is 1. The lowest BCUT2D eigenvalue weighted by Gasteiger charge is -2.32. The second-order valence-electron chi connectivity index (χ2n) is 3.63. The molecule has 1 saturated heterocycles. The molecule has 1 unspecified atom stereocenters. The van der Waals surface area contributed by atoms with Crippen molar-refractivity contribution < 1.29 is 5.11 Å². The van der Waals surface area contributed by atoms with Crippen LogP contribution in [0.15, 0.2) is 12.2 Å². The van der Waals surface area contributed by atoms with E-state index in [-0.39, 0.29) is 6.61 Å². The van der Waals surface area contributed by atoms with Gasteiger partial charge in [0.05, 0.1) is 0 Å². The molecule has 0 bridgehead atoms. The lowest BCUT2D eigenvalue weighted by Crippen LogP contribution is -2.37. The van der Waals surface area contributed by atoms with Crippen molar-refractivity contribution in [1.29, 1.82) is 0 Å². The van der Waals surface area contributed by atoms with Crippen LogP contribution in [-0.2, 0) is 0 Å². The molecule has 0 amide bonds. The van der Waals surface area contributed by atoms with Crippen molar-refractivity contribution in [2.75, 3.05) is 19.7 Å². The van der Waals surface area contributed by atoms with Gasteiger partial charge >= 0.3 is 0 Å². The van der Waals surface area contributed by atoms with Gasteiger partial charge in [-0.25, -0.2) is 0 Å². The highest BCUT2D eigenvalue weighted by molar-refractivity contribution is 4.95. The van der Waals surface area contributed by atoms with Crippen molar-refractivity contribution in [3.8, 4) is 0 Å². The molecule has 1 fully saturated rings. The second kappa shape index (κ2) is 6.17. The van der Waals surface area contributed by atoms with Crippen molar-refractivity contribution in [1.82, 2.24) is 4.90 Å². The summed E-state index contributed by atoms with van der Waals surface area (Å²) >= 11 is 0. The fourth-order valence-corrected chi connectivity index (χ4v) is 1.96. The largest absolute Gasteiger partial charge is 0.396 e. The molecule has 1 aliphatic rings. The normalized spacial score (nSPS) is 25.5. The molecule has 13 heavy (non-hydrogen) atoms. The highest BCUT2D eigenvalue weighted by Crippen LogP contribution is 2.17. The lowest BCUT2D eigenvalue weighted by molar-refractivity contribution is 0.189. The van der Waals surface area contributed by atoms with Gasteiger partial charge in [0.25, 0.3) is 0 Å². The Kier molecular flexibility index (Phi) is 5.09. The smallest absolute Gasteiger partial charge is 0.0465 e. The molecule has 2 nitrogen and oxygen atoms in total. The van der Waals surface area contributed by atoms with Crippen molar-refractivity contribution in [3.63, 3.8) is 0 Å². The highest BCUT2D eigenvalue weighted by Gasteiger charge is 2.17. The first-order valence-corrected chi connectivity index (χ1v) is 5.40. The Bertz CT molecular complexity index is 156. The topological polar surface area (TPSA) is 23.5 Å². The van der Waals surface area contributed by atoms with E-state index in [2.05, 4.69) is 24.0 Å². The number of rotatable bonds is 4. The molecule has 0 aromatic carbocycles. The van der Waals surface area contributed by atoms with Crippen LogP contribution >= 0.6 is 0 Å². The van der Waals surface area contributed by atoms with Crippen LogP contribution in [0.4, 0.5) is 0 Å². The van der Waals surface area contributed by atoms with Gasteiger partial charge in [-0.2, -0.15) is 0 Å². The molecular weight excluding hydrogens is 162 g/mol. The maximum absolute atomic E-state index is 8.65. The van der Waals surface area contributed by atoms with Crippen LogP contribution < -0.4 is 0 Å². The van der Waals surface area contributed by atoms with Gasteiger partial charge in [-0.05, 0) is 32.4 Å². The van der Waals surface area contributed by atoms with Gasteiger partial charge < -0.3 is 5.11 Å². The third-order valence-corrected chi connectivity index (χ3v) is 2.72. The Morgan fingerprint density at radius 2 is 2.31 bits per heavy atom. The van der Waals surface area contributed by atoms with Crippen molar-refractivity contribution in [2.45, 2.75) is 38.6 Å². The predicted molar refractivity (Wildman–Crippen MR) is 55.7 cm³/mol. The van der Waals surface area contributed by atoms with Gasteiger partial charge in [0.2, 0.25) is 0 Å². The number of aliphatic hydroxyl groups excluding tert-OH is 1. The summed E-state index contributed by atoms with van der Waals surface area (Å²) in [4.78, 5) is 2.51. The van der Waals surface area contributed by atoms with Crippen LogP contribution in [0, 0.1) is 0 Å². The molecule has 0 aromatic rings. The van der Waals surface area contributed by atoms with E-state index in [1.807, 2.05) is 0 Å². The van der Waals surface area contributed by atoms with Gasteiger partial charge in [0.1, 0.15) is 0 Å². The van der Waals surface area contributed by atoms with E-state index < -0.39 is 0 Å². The van der Waals surface area contributed by atoms with Gasteiger partial charge in [0, 0.05) is 12.6 Å². The quantitative estimate of drug-likeness (QED) is 0.672. The van der Waals surface area contributed by atoms with Crippen LogP contribution in [0.1, 0.15) is 32.6 Å². The predicted octanol–water partition coefficient (Wildman–Crippen LogP) is 1.80. The molecule has 0 aliphatic carbocycles. The molecule has 2 heteroatoms. The Morgan fingerprint density at radius 1 is 1.46 bits per heavy atom. The number of likely N-dealkylation sites (tertiary alicyclic amines) is 1. The molecular formula is C11H21NO. The molecule has 0 radical (unpaired) electrons. The van der Waals surface area contributed by atoms with E-state index in [0.717, 1.165) is 13.0 Å². The second-order valence-corrected chi connectivity index (χ2v) is 3.63. The van der Waals surface area contributed by atoms with Crippen LogP contribution in [0.5, 0.6) is 0 Å². The standard InChI is InChI=1S/C11H21NO/c1-2-12-9-5-3-7-11(12)8-4-6-10-13/h4,8,11,13H,2-3,5-7,9-10H2,1H3/b8-4-. The van der Waals surface area contributed by atoms with Crippen LogP contribution in [0.2, 0.25) is 0 Å². The molecule has 1 N–H and O–H groups in total. The average molecular weight is 183 g/mol. The van der Waals surface area contributed by atoms with E-state index >= 15 is 0 Å². The number of hydrogen-bond acceptors (Lipinski definition) is 2. The van der Waals surface area contributed by atoms with E-state index in [1.165, 1.54) is 25.8 Å². The highest BCUT2D eigenvalue weighted by atomic mass is 16.2. The Morgan fingerprint density at radius 3 is 3.00 bits per heavy atom. The minimum absolute atomic E-state index is 0.273. The van der Waals surface area contributed by atoms with Crippen LogP contribution in [0.25, 0.3) is 0 Å². The van der Waals surface area contributed by atoms with Gasteiger partial charge in [-0.3, -0.25) is 4.90 Å². The molecule has 0 saturated carbocycles. The summed E-state index contributed by atoms with van der Waals surface area (Å²) in [5.74, 6) is 0. The zero-order chi connectivity index (χ0) is 9.52. The summed E-state index contributed by atoms with van der Waals surface area (Å²) in [6.45, 7) is 4.88. The first-order valence-electron chi connectivity index (χ1n) is 5.40. The summed E-state index contributed by atoms with van der Waals surface area (Å²) in [6.07, 6.45) is 9.16. The van der Waals surface area contributed by atoms with Gasteiger partial charge in [-0.1, -0.05) is 25.5 Å². The fraction of sp³-hybridized carbons (Fsp3) is 0.818. The van der Waals surface area contributed by atoms with Crippen LogP contribution in [0.3, 0.4) is 0 Å². The molecule has 1 aliphatic heterocycles. The first-order chi connectivity index (χ1) is 6.38. The number of likely N-dealkylation sites (N-methyl/N-ethyl adjacent to an activating group) is 1. The third kappa shape index (κ3) is 3.49. The van der Waals surface area contributed by atoms with Crippen molar-refractivity contribution >= 4 is 0 Å². The minimum Gasteiger partial charge on any atom is -0.396 e. The van der Waals surface area contributed by atoms with E-state index in [9.17, 15) is 0 Å². The minimum atomic E-state index is 0.273. The first kappa shape index (κ1) is 10.7. The molecule has 76 valence electrons. The van der Waals surface area contributed by atoms with Crippen LogP contribution in [-0.4, -0.2) is 35.7 Å². The fourth-order valence-electron chi connectivity index (χ4n) is 1.96.